The lowest BCUT2D eigenvalue weighted by molar-refractivity contribution is -0.124. The van der Waals surface area contributed by atoms with Gasteiger partial charge in [0.1, 0.15) is 0 Å². The molecule has 1 aromatic carbocycles. The second kappa shape index (κ2) is 8.62. The fourth-order valence-electron chi connectivity index (χ4n) is 3.02. The van der Waals surface area contributed by atoms with Crippen molar-refractivity contribution in [3.8, 4) is 0 Å². The highest BCUT2D eigenvalue weighted by molar-refractivity contribution is 7.80. The molecule has 3 rings (SSSR count). The number of rotatable bonds is 4. The molecule has 1 aliphatic rings. The highest BCUT2D eigenvalue weighted by Crippen LogP contribution is 2.23. The normalized spacial score (nSPS) is 14.5. The lowest BCUT2D eigenvalue weighted by atomic mass is 9.89. The van der Waals surface area contributed by atoms with E-state index in [1.54, 1.807) is 30.3 Å². The minimum Gasteiger partial charge on any atom is -0.459 e. The first kappa shape index (κ1) is 18.1. The van der Waals surface area contributed by atoms with Gasteiger partial charge in [-0.3, -0.25) is 9.59 Å². The predicted octanol–water partition coefficient (Wildman–Crippen LogP) is 3.93. The largest absolute Gasteiger partial charge is 0.459 e. The quantitative estimate of drug-likeness (QED) is 0.710. The Balaban J connectivity index is 1.55. The van der Waals surface area contributed by atoms with E-state index >= 15 is 0 Å². The zero-order valence-electron chi connectivity index (χ0n) is 14.3. The number of nitrogens with one attached hydrogen (secondary N) is 3. The summed E-state index contributed by atoms with van der Waals surface area (Å²) in [5.41, 5.74) is 1.27. The smallest absolute Gasteiger partial charge is 0.291 e. The summed E-state index contributed by atoms with van der Waals surface area (Å²) in [5, 5.41) is 8.75. The first-order valence-corrected chi connectivity index (χ1v) is 9.09. The molecule has 1 heterocycles. The molecule has 1 saturated carbocycles. The van der Waals surface area contributed by atoms with E-state index in [0.29, 0.717) is 11.4 Å². The van der Waals surface area contributed by atoms with Crippen LogP contribution in [-0.2, 0) is 4.79 Å². The summed E-state index contributed by atoms with van der Waals surface area (Å²) in [6, 6.07) is 10.3. The van der Waals surface area contributed by atoms with E-state index in [0.717, 1.165) is 25.7 Å². The van der Waals surface area contributed by atoms with Gasteiger partial charge >= 0.3 is 0 Å². The van der Waals surface area contributed by atoms with Crippen LogP contribution >= 0.6 is 12.2 Å². The van der Waals surface area contributed by atoms with Crippen molar-refractivity contribution in [3.63, 3.8) is 0 Å². The second-order valence-electron chi connectivity index (χ2n) is 6.29. The van der Waals surface area contributed by atoms with Crippen molar-refractivity contribution in [2.45, 2.75) is 32.1 Å². The highest BCUT2D eigenvalue weighted by atomic mass is 32.1. The molecule has 0 unspecified atom stereocenters. The summed E-state index contributed by atoms with van der Waals surface area (Å²) in [6.45, 7) is 0. The monoisotopic (exact) mass is 371 g/mol. The van der Waals surface area contributed by atoms with Crippen LogP contribution in [0.3, 0.4) is 0 Å². The first-order chi connectivity index (χ1) is 12.6. The van der Waals surface area contributed by atoms with Crippen molar-refractivity contribution in [2.24, 2.45) is 5.92 Å². The van der Waals surface area contributed by atoms with Gasteiger partial charge in [-0.1, -0.05) is 25.3 Å². The third-order valence-electron chi connectivity index (χ3n) is 4.34. The Morgan fingerprint density at radius 3 is 2.42 bits per heavy atom. The number of hydrogen-bond donors (Lipinski definition) is 3. The van der Waals surface area contributed by atoms with Gasteiger partial charge < -0.3 is 20.4 Å². The molecule has 3 N–H and O–H groups in total. The van der Waals surface area contributed by atoms with Gasteiger partial charge in [-0.05, 0) is 55.4 Å². The van der Waals surface area contributed by atoms with Crippen molar-refractivity contribution in [2.75, 3.05) is 10.6 Å². The van der Waals surface area contributed by atoms with Crippen LogP contribution in [0.2, 0.25) is 0 Å². The number of carbonyl (C=O) groups is 2. The van der Waals surface area contributed by atoms with Crippen molar-refractivity contribution in [1.82, 2.24) is 5.32 Å². The van der Waals surface area contributed by atoms with E-state index in [1.165, 1.54) is 12.7 Å². The van der Waals surface area contributed by atoms with E-state index in [9.17, 15) is 9.59 Å². The molecule has 0 bridgehead atoms. The van der Waals surface area contributed by atoms with Gasteiger partial charge in [0.15, 0.2) is 10.9 Å². The van der Waals surface area contributed by atoms with E-state index in [1.807, 2.05) is 6.07 Å². The van der Waals surface area contributed by atoms with Crippen LogP contribution in [0, 0.1) is 5.92 Å². The molecular formula is C19H21N3O3S. The molecule has 0 spiro atoms. The summed E-state index contributed by atoms with van der Waals surface area (Å²) >= 11 is 5.23. The fraction of sp³-hybridized carbons (Fsp3) is 0.316. The van der Waals surface area contributed by atoms with Crippen molar-refractivity contribution < 1.29 is 14.0 Å². The third kappa shape index (κ3) is 4.92. The van der Waals surface area contributed by atoms with Crippen LogP contribution in [0.5, 0.6) is 0 Å². The van der Waals surface area contributed by atoms with Gasteiger partial charge in [-0.15, -0.1) is 0 Å². The van der Waals surface area contributed by atoms with Crippen LogP contribution < -0.4 is 16.0 Å². The molecule has 0 saturated heterocycles. The van der Waals surface area contributed by atoms with Crippen LogP contribution in [0.15, 0.2) is 47.1 Å². The number of anilines is 2. The minimum atomic E-state index is -0.333. The van der Waals surface area contributed by atoms with Gasteiger partial charge in [-0.25, -0.2) is 0 Å². The number of furan rings is 1. The van der Waals surface area contributed by atoms with Crippen LogP contribution in [-0.4, -0.2) is 16.9 Å². The molecule has 136 valence electrons. The van der Waals surface area contributed by atoms with Gasteiger partial charge in [0.05, 0.1) is 6.26 Å². The highest BCUT2D eigenvalue weighted by Gasteiger charge is 2.21. The van der Waals surface area contributed by atoms with E-state index in [2.05, 4.69) is 16.0 Å². The molecule has 0 aliphatic heterocycles. The molecule has 1 fully saturated rings. The molecule has 0 atom stereocenters. The molecule has 2 amide bonds. The molecule has 0 radical (unpaired) electrons. The van der Waals surface area contributed by atoms with Crippen molar-refractivity contribution >= 4 is 40.5 Å². The Hall–Kier alpha value is -2.67. The van der Waals surface area contributed by atoms with Gasteiger partial charge in [0, 0.05) is 17.3 Å². The summed E-state index contributed by atoms with van der Waals surface area (Å²) in [5.74, 6) is -0.0779. The zero-order chi connectivity index (χ0) is 18.4. The average molecular weight is 371 g/mol. The van der Waals surface area contributed by atoms with Crippen LogP contribution in [0.1, 0.15) is 42.7 Å². The summed E-state index contributed by atoms with van der Waals surface area (Å²) < 4.78 is 5.07. The Kier molecular flexibility index (Phi) is 6.01. The molecule has 26 heavy (non-hydrogen) atoms. The molecule has 2 aromatic rings. The van der Waals surface area contributed by atoms with Gasteiger partial charge in [0.25, 0.3) is 5.91 Å². The summed E-state index contributed by atoms with van der Waals surface area (Å²) in [7, 11) is 0. The molecule has 1 aromatic heterocycles. The topological polar surface area (TPSA) is 83.4 Å². The molecular weight excluding hydrogens is 350 g/mol. The Morgan fingerprint density at radius 1 is 1.00 bits per heavy atom. The van der Waals surface area contributed by atoms with Crippen molar-refractivity contribution in [3.05, 3.63) is 48.4 Å². The predicted molar refractivity (Wildman–Crippen MR) is 104 cm³/mol. The third-order valence-corrected chi connectivity index (χ3v) is 4.54. The van der Waals surface area contributed by atoms with Gasteiger partial charge in [-0.2, -0.15) is 0 Å². The lowest BCUT2D eigenvalue weighted by Crippen LogP contribution is -2.39. The Morgan fingerprint density at radius 2 is 1.73 bits per heavy atom. The Labute approximate surface area is 157 Å². The van der Waals surface area contributed by atoms with Crippen LogP contribution in [0.4, 0.5) is 11.4 Å². The minimum absolute atomic E-state index is 0.0236. The van der Waals surface area contributed by atoms with E-state index in [4.69, 9.17) is 16.6 Å². The SMILES string of the molecule is O=C(Nc1cccc(NC(=S)NC(=O)C2CCCCC2)c1)c1ccco1. The summed E-state index contributed by atoms with van der Waals surface area (Å²) in [4.78, 5) is 24.3. The van der Waals surface area contributed by atoms with Gasteiger partial charge in [0.2, 0.25) is 5.91 Å². The molecule has 6 nitrogen and oxygen atoms in total. The zero-order valence-corrected chi connectivity index (χ0v) is 15.1. The number of hydrogen-bond acceptors (Lipinski definition) is 4. The second-order valence-corrected chi connectivity index (χ2v) is 6.70. The Bertz CT molecular complexity index is 783. The summed E-state index contributed by atoms with van der Waals surface area (Å²) in [6.07, 6.45) is 6.67. The molecule has 7 heteroatoms. The average Bonchev–Trinajstić information content (AvgIpc) is 3.17. The maximum Gasteiger partial charge on any atom is 0.291 e. The number of amides is 2. The van der Waals surface area contributed by atoms with E-state index < -0.39 is 0 Å². The standard InChI is InChI=1S/C19H21N3O3S/c23-17(13-6-2-1-3-7-13)22-19(26)21-15-9-4-8-14(12-15)20-18(24)16-10-5-11-25-16/h4-5,8-13H,1-3,6-7H2,(H,20,24)(H2,21,22,23,26). The number of carbonyl (C=O) groups excluding carboxylic acids is 2. The van der Waals surface area contributed by atoms with Crippen molar-refractivity contribution in [1.29, 1.82) is 0 Å². The lowest BCUT2D eigenvalue weighted by Gasteiger charge is -2.21. The number of benzene rings is 1. The first-order valence-electron chi connectivity index (χ1n) is 8.68. The maximum atomic E-state index is 12.2. The van der Waals surface area contributed by atoms with E-state index in [-0.39, 0.29) is 28.6 Å². The molecule has 1 aliphatic carbocycles. The fourth-order valence-corrected chi connectivity index (χ4v) is 3.23. The maximum absolute atomic E-state index is 12.2. The van der Waals surface area contributed by atoms with Crippen LogP contribution in [0.25, 0.3) is 0 Å². The number of thiocarbonyl (C=S) groups is 1.